The van der Waals surface area contributed by atoms with Gasteiger partial charge in [0.1, 0.15) is 0 Å². The molecule has 0 saturated carbocycles. The van der Waals surface area contributed by atoms with Gasteiger partial charge >= 0.3 is 5.97 Å². The van der Waals surface area contributed by atoms with Gasteiger partial charge in [0.25, 0.3) is 0 Å². The van der Waals surface area contributed by atoms with Gasteiger partial charge in [0, 0.05) is 6.54 Å². The number of methoxy groups -OCH3 is 1. The van der Waals surface area contributed by atoms with Gasteiger partial charge in [-0.25, -0.2) is 4.79 Å². The number of ether oxygens (including phenoxy) is 1. The fourth-order valence-corrected chi connectivity index (χ4v) is 3.38. The molecule has 1 aliphatic rings. The standard InChI is InChI=1S/C10H21NO3Si/c1-13-9(12)10(14-15(2,3)4)6-5-7-11-8-10/h11H,5-8H2,1-4H3. The number of hydrogen-bond acceptors (Lipinski definition) is 4. The van der Waals surface area contributed by atoms with Crippen molar-refractivity contribution in [3.05, 3.63) is 0 Å². The fraction of sp³-hybridized carbons (Fsp3) is 0.900. The normalized spacial score (nSPS) is 27.5. The first-order valence-electron chi connectivity index (χ1n) is 5.39. The molecule has 0 aromatic rings. The summed E-state index contributed by atoms with van der Waals surface area (Å²) in [4.78, 5) is 11.8. The quantitative estimate of drug-likeness (QED) is 0.584. The predicted octanol–water partition coefficient (Wildman–Crippen LogP) is 1.13. The zero-order valence-electron chi connectivity index (χ0n) is 10.1. The summed E-state index contributed by atoms with van der Waals surface area (Å²) in [6.45, 7) is 7.79. The Labute approximate surface area is 92.5 Å². The van der Waals surface area contributed by atoms with Crippen LogP contribution in [0, 0.1) is 0 Å². The van der Waals surface area contributed by atoms with Crippen molar-refractivity contribution in [2.75, 3.05) is 20.2 Å². The third kappa shape index (κ3) is 3.29. The molecule has 0 bridgehead atoms. The Balaban J connectivity index is 2.80. The number of rotatable bonds is 3. The van der Waals surface area contributed by atoms with E-state index in [4.69, 9.17) is 9.16 Å². The van der Waals surface area contributed by atoms with E-state index in [1.807, 2.05) is 0 Å². The van der Waals surface area contributed by atoms with Crippen molar-refractivity contribution in [1.29, 1.82) is 0 Å². The molecule has 0 radical (unpaired) electrons. The topological polar surface area (TPSA) is 47.6 Å². The lowest BCUT2D eigenvalue weighted by Crippen LogP contribution is -2.57. The SMILES string of the molecule is COC(=O)C1(O[Si](C)(C)C)CCCNC1. The van der Waals surface area contributed by atoms with Gasteiger partial charge in [-0.2, -0.15) is 0 Å². The van der Waals surface area contributed by atoms with Crippen LogP contribution in [0.3, 0.4) is 0 Å². The molecule has 1 N–H and O–H groups in total. The van der Waals surface area contributed by atoms with E-state index in [2.05, 4.69) is 25.0 Å². The molecular formula is C10H21NO3Si. The smallest absolute Gasteiger partial charge is 0.338 e. The summed E-state index contributed by atoms with van der Waals surface area (Å²) in [5.74, 6) is -0.239. The van der Waals surface area contributed by atoms with Crippen LogP contribution in [-0.2, 0) is 14.0 Å². The Morgan fingerprint density at radius 1 is 1.40 bits per heavy atom. The molecular weight excluding hydrogens is 210 g/mol. The summed E-state index contributed by atoms with van der Waals surface area (Å²) in [6, 6.07) is 0. The highest BCUT2D eigenvalue weighted by Crippen LogP contribution is 2.26. The van der Waals surface area contributed by atoms with Crippen LogP contribution in [0.15, 0.2) is 0 Å². The summed E-state index contributed by atoms with van der Waals surface area (Å²) < 4.78 is 10.9. The molecule has 1 unspecified atom stereocenters. The van der Waals surface area contributed by atoms with Crippen molar-refractivity contribution in [2.45, 2.75) is 38.1 Å². The molecule has 0 aromatic carbocycles. The molecule has 1 aliphatic heterocycles. The van der Waals surface area contributed by atoms with Crippen molar-refractivity contribution >= 4 is 14.3 Å². The second-order valence-electron chi connectivity index (χ2n) is 4.98. The number of carbonyl (C=O) groups excluding carboxylic acids is 1. The van der Waals surface area contributed by atoms with Crippen molar-refractivity contribution < 1.29 is 14.0 Å². The van der Waals surface area contributed by atoms with E-state index >= 15 is 0 Å². The molecule has 1 heterocycles. The van der Waals surface area contributed by atoms with Gasteiger partial charge in [-0.15, -0.1) is 0 Å². The maximum Gasteiger partial charge on any atom is 0.338 e. The van der Waals surface area contributed by atoms with E-state index in [1.54, 1.807) is 0 Å². The Kier molecular flexibility index (Phi) is 3.91. The third-order valence-electron chi connectivity index (χ3n) is 2.40. The molecule has 1 saturated heterocycles. The summed E-state index contributed by atoms with van der Waals surface area (Å²) in [5, 5.41) is 3.21. The Bertz CT molecular complexity index is 231. The molecule has 4 nitrogen and oxygen atoms in total. The van der Waals surface area contributed by atoms with E-state index in [1.165, 1.54) is 7.11 Å². The molecule has 1 atom stereocenters. The molecule has 0 spiro atoms. The maximum atomic E-state index is 11.8. The highest BCUT2D eigenvalue weighted by molar-refractivity contribution is 6.70. The zero-order valence-corrected chi connectivity index (χ0v) is 11.1. The fourth-order valence-electron chi connectivity index (χ4n) is 1.95. The van der Waals surface area contributed by atoms with Crippen LogP contribution < -0.4 is 5.32 Å². The molecule has 15 heavy (non-hydrogen) atoms. The molecule has 88 valence electrons. The van der Waals surface area contributed by atoms with Crippen LogP contribution in [0.1, 0.15) is 12.8 Å². The number of nitrogens with one attached hydrogen (secondary N) is 1. The van der Waals surface area contributed by atoms with Gasteiger partial charge < -0.3 is 14.5 Å². The minimum absolute atomic E-state index is 0.239. The summed E-state index contributed by atoms with van der Waals surface area (Å²) in [7, 11) is -0.314. The first-order chi connectivity index (χ1) is 6.90. The van der Waals surface area contributed by atoms with Crippen LogP contribution in [0.5, 0.6) is 0 Å². The molecule has 1 fully saturated rings. The van der Waals surface area contributed by atoms with Crippen LogP contribution in [0.2, 0.25) is 19.6 Å². The Hall–Kier alpha value is -0.393. The largest absolute Gasteiger partial charge is 0.467 e. The minimum atomic E-state index is -1.74. The average molecular weight is 231 g/mol. The minimum Gasteiger partial charge on any atom is -0.467 e. The van der Waals surface area contributed by atoms with Crippen LogP contribution in [0.4, 0.5) is 0 Å². The van der Waals surface area contributed by atoms with Gasteiger partial charge in [0.15, 0.2) is 13.9 Å². The van der Waals surface area contributed by atoms with Gasteiger partial charge in [-0.3, -0.25) is 0 Å². The number of esters is 1. The van der Waals surface area contributed by atoms with Gasteiger partial charge in [-0.05, 0) is 39.0 Å². The number of piperidine rings is 1. The highest BCUT2D eigenvalue weighted by atomic mass is 28.4. The Morgan fingerprint density at radius 2 is 2.07 bits per heavy atom. The number of carbonyl (C=O) groups is 1. The second kappa shape index (κ2) is 4.63. The molecule has 1 rings (SSSR count). The van der Waals surface area contributed by atoms with Crippen molar-refractivity contribution in [3.8, 4) is 0 Å². The molecule has 0 amide bonds. The van der Waals surface area contributed by atoms with Crippen LogP contribution in [0.25, 0.3) is 0 Å². The second-order valence-corrected chi connectivity index (χ2v) is 9.41. The summed E-state index contributed by atoms with van der Waals surface area (Å²) in [6.07, 6.45) is 1.72. The lowest BCUT2D eigenvalue weighted by atomic mass is 9.94. The Morgan fingerprint density at radius 3 is 2.47 bits per heavy atom. The highest BCUT2D eigenvalue weighted by Gasteiger charge is 2.44. The van der Waals surface area contributed by atoms with E-state index < -0.39 is 13.9 Å². The zero-order chi connectivity index (χ0) is 11.5. The predicted molar refractivity (Wildman–Crippen MR) is 61.3 cm³/mol. The molecule has 0 aliphatic carbocycles. The van der Waals surface area contributed by atoms with E-state index in [9.17, 15) is 4.79 Å². The average Bonchev–Trinajstić information content (AvgIpc) is 2.15. The number of hydrogen-bond donors (Lipinski definition) is 1. The van der Waals surface area contributed by atoms with E-state index in [0.29, 0.717) is 6.54 Å². The first kappa shape index (κ1) is 12.7. The van der Waals surface area contributed by atoms with Gasteiger partial charge in [0.2, 0.25) is 0 Å². The van der Waals surface area contributed by atoms with E-state index in [0.717, 1.165) is 19.4 Å². The molecule has 0 aromatic heterocycles. The first-order valence-corrected chi connectivity index (χ1v) is 8.80. The van der Waals surface area contributed by atoms with E-state index in [-0.39, 0.29) is 5.97 Å². The summed E-state index contributed by atoms with van der Waals surface area (Å²) in [5.41, 5.74) is -0.739. The van der Waals surface area contributed by atoms with Crippen molar-refractivity contribution in [3.63, 3.8) is 0 Å². The van der Waals surface area contributed by atoms with Gasteiger partial charge in [0.05, 0.1) is 7.11 Å². The molecule has 5 heteroatoms. The van der Waals surface area contributed by atoms with Gasteiger partial charge in [-0.1, -0.05) is 0 Å². The lowest BCUT2D eigenvalue weighted by molar-refractivity contribution is -0.161. The monoisotopic (exact) mass is 231 g/mol. The summed E-state index contributed by atoms with van der Waals surface area (Å²) >= 11 is 0. The maximum absolute atomic E-state index is 11.8. The third-order valence-corrected chi connectivity index (χ3v) is 3.41. The lowest BCUT2D eigenvalue weighted by Gasteiger charge is -2.39. The van der Waals surface area contributed by atoms with Crippen molar-refractivity contribution in [1.82, 2.24) is 5.32 Å². The van der Waals surface area contributed by atoms with Crippen molar-refractivity contribution in [2.24, 2.45) is 0 Å². The van der Waals surface area contributed by atoms with Crippen LogP contribution >= 0.6 is 0 Å². The van der Waals surface area contributed by atoms with Crippen LogP contribution in [-0.4, -0.2) is 40.1 Å².